The maximum absolute atomic E-state index is 12.3. The zero-order valence-corrected chi connectivity index (χ0v) is 14.3. The van der Waals surface area contributed by atoms with Crippen molar-refractivity contribution in [3.05, 3.63) is 29.8 Å². The fraction of sp³-hybridized carbons (Fsp3) is 0.471. The highest BCUT2D eigenvalue weighted by atomic mass is 16.5. The van der Waals surface area contributed by atoms with Gasteiger partial charge in [-0.2, -0.15) is 0 Å². The first-order chi connectivity index (χ1) is 11.5. The van der Waals surface area contributed by atoms with Crippen LogP contribution in [0, 0.1) is 0 Å². The van der Waals surface area contributed by atoms with Crippen LogP contribution in [-0.4, -0.2) is 44.1 Å². The first kappa shape index (κ1) is 19.5. The van der Waals surface area contributed by atoms with E-state index in [1.165, 1.54) is 0 Å². The van der Waals surface area contributed by atoms with Gasteiger partial charge in [-0.15, -0.1) is 0 Å². The summed E-state index contributed by atoms with van der Waals surface area (Å²) < 4.78 is 9.79. The van der Waals surface area contributed by atoms with Gasteiger partial charge in [0.25, 0.3) is 5.91 Å². The lowest BCUT2D eigenvalue weighted by Gasteiger charge is -2.17. The van der Waals surface area contributed by atoms with Crippen molar-refractivity contribution in [2.45, 2.75) is 32.7 Å². The summed E-state index contributed by atoms with van der Waals surface area (Å²) in [5, 5.41) is 5.57. The quantitative estimate of drug-likeness (QED) is 0.667. The molecule has 1 amide bonds. The fourth-order valence-electron chi connectivity index (χ4n) is 2.02. The molecule has 0 saturated heterocycles. The van der Waals surface area contributed by atoms with Crippen LogP contribution in [0.2, 0.25) is 0 Å². The molecular weight excluding hydrogens is 312 g/mol. The molecule has 132 valence electrons. The third-order valence-electron chi connectivity index (χ3n) is 3.25. The topological polar surface area (TPSA) is 93.7 Å². The minimum Gasteiger partial charge on any atom is -0.466 e. The highest BCUT2D eigenvalue weighted by Gasteiger charge is 2.23. The Morgan fingerprint density at radius 3 is 2.21 bits per heavy atom. The molecule has 0 aliphatic carbocycles. The van der Waals surface area contributed by atoms with E-state index in [1.54, 1.807) is 45.2 Å². The first-order valence-electron chi connectivity index (χ1n) is 7.92. The average molecular weight is 336 g/mol. The normalized spacial score (nSPS) is 11.3. The molecule has 0 aromatic heterocycles. The van der Waals surface area contributed by atoms with E-state index in [0.717, 1.165) is 5.69 Å². The predicted molar refractivity (Wildman–Crippen MR) is 89.7 cm³/mol. The third-order valence-corrected chi connectivity index (χ3v) is 3.25. The number of rotatable bonds is 9. The van der Waals surface area contributed by atoms with Crippen molar-refractivity contribution in [3.63, 3.8) is 0 Å². The van der Waals surface area contributed by atoms with Crippen LogP contribution in [0.5, 0.6) is 0 Å². The van der Waals surface area contributed by atoms with Crippen molar-refractivity contribution in [1.29, 1.82) is 0 Å². The summed E-state index contributed by atoms with van der Waals surface area (Å²) in [6.45, 7) is 3.85. The van der Waals surface area contributed by atoms with Crippen molar-refractivity contribution >= 4 is 23.5 Å². The molecule has 1 rings (SSSR count). The Labute approximate surface area is 141 Å². The molecule has 0 heterocycles. The summed E-state index contributed by atoms with van der Waals surface area (Å²) in [7, 11) is 1.78. The summed E-state index contributed by atoms with van der Waals surface area (Å²) in [6, 6.07) is 5.91. The number of ether oxygens (including phenoxy) is 2. The van der Waals surface area contributed by atoms with E-state index in [4.69, 9.17) is 9.47 Å². The van der Waals surface area contributed by atoms with Gasteiger partial charge in [0.1, 0.15) is 6.04 Å². The van der Waals surface area contributed by atoms with E-state index in [1.807, 2.05) is 0 Å². The van der Waals surface area contributed by atoms with Crippen molar-refractivity contribution in [3.8, 4) is 0 Å². The van der Waals surface area contributed by atoms with Gasteiger partial charge in [-0.3, -0.25) is 9.59 Å². The Kier molecular flexibility index (Phi) is 8.32. The van der Waals surface area contributed by atoms with E-state index < -0.39 is 23.9 Å². The van der Waals surface area contributed by atoms with Gasteiger partial charge in [0.15, 0.2) is 0 Å². The lowest BCUT2D eigenvalue weighted by atomic mass is 10.1. The van der Waals surface area contributed by atoms with Crippen LogP contribution in [0.4, 0.5) is 5.69 Å². The van der Waals surface area contributed by atoms with Crippen LogP contribution in [0.3, 0.4) is 0 Å². The van der Waals surface area contributed by atoms with Gasteiger partial charge < -0.3 is 20.1 Å². The molecule has 2 N–H and O–H groups in total. The number of hydrogen-bond acceptors (Lipinski definition) is 6. The van der Waals surface area contributed by atoms with E-state index in [0.29, 0.717) is 5.56 Å². The van der Waals surface area contributed by atoms with Gasteiger partial charge in [0, 0.05) is 24.7 Å². The lowest BCUT2D eigenvalue weighted by molar-refractivity contribution is -0.146. The summed E-state index contributed by atoms with van der Waals surface area (Å²) in [4.78, 5) is 35.7. The molecule has 1 aromatic carbocycles. The number of esters is 2. The van der Waals surface area contributed by atoms with Gasteiger partial charge in [-0.05, 0) is 44.5 Å². The van der Waals surface area contributed by atoms with Crippen molar-refractivity contribution in [2.24, 2.45) is 0 Å². The smallest absolute Gasteiger partial charge is 0.328 e. The number of nitrogens with one attached hydrogen (secondary N) is 2. The van der Waals surface area contributed by atoms with Gasteiger partial charge in [-0.25, -0.2) is 4.79 Å². The Morgan fingerprint density at radius 1 is 1.04 bits per heavy atom. The zero-order chi connectivity index (χ0) is 17.9. The van der Waals surface area contributed by atoms with E-state index in [9.17, 15) is 14.4 Å². The van der Waals surface area contributed by atoms with E-state index in [-0.39, 0.29) is 26.1 Å². The molecule has 24 heavy (non-hydrogen) atoms. The molecule has 0 radical (unpaired) electrons. The van der Waals surface area contributed by atoms with Crippen LogP contribution >= 0.6 is 0 Å². The molecule has 7 heteroatoms. The number of carbonyl (C=O) groups excluding carboxylic acids is 3. The summed E-state index contributed by atoms with van der Waals surface area (Å²) in [6.07, 6.45) is 0.147. The van der Waals surface area contributed by atoms with Crippen molar-refractivity contribution in [1.82, 2.24) is 5.32 Å². The second-order valence-corrected chi connectivity index (χ2v) is 4.95. The first-order valence-corrected chi connectivity index (χ1v) is 7.92. The molecule has 1 atom stereocenters. The molecule has 0 fully saturated rings. The van der Waals surface area contributed by atoms with Crippen LogP contribution in [0.25, 0.3) is 0 Å². The van der Waals surface area contributed by atoms with Gasteiger partial charge in [-0.1, -0.05) is 0 Å². The minimum absolute atomic E-state index is 0.0241. The maximum atomic E-state index is 12.3. The molecule has 0 saturated carbocycles. The standard InChI is InChI=1S/C17H24N2O5/c1-4-23-15(20)11-10-14(17(22)24-5-2)19-16(21)12-6-8-13(18-3)9-7-12/h6-9,14,18H,4-5,10-11H2,1-3H3,(H,19,21)/t14-/m1/s1. The van der Waals surface area contributed by atoms with Crippen LogP contribution in [-0.2, 0) is 19.1 Å². The molecule has 0 spiro atoms. The highest BCUT2D eigenvalue weighted by Crippen LogP contribution is 2.10. The lowest BCUT2D eigenvalue weighted by Crippen LogP contribution is -2.42. The largest absolute Gasteiger partial charge is 0.466 e. The summed E-state index contributed by atoms with van der Waals surface area (Å²) in [5.41, 5.74) is 1.29. The van der Waals surface area contributed by atoms with Gasteiger partial charge in [0.05, 0.1) is 13.2 Å². The molecule has 0 unspecified atom stereocenters. The van der Waals surface area contributed by atoms with E-state index >= 15 is 0 Å². The monoisotopic (exact) mass is 336 g/mol. The Hall–Kier alpha value is -2.57. The Morgan fingerprint density at radius 2 is 1.67 bits per heavy atom. The molecule has 0 aliphatic heterocycles. The van der Waals surface area contributed by atoms with E-state index in [2.05, 4.69) is 10.6 Å². The van der Waals surface area contributed by atoms with Gasteiger partial charge >= 0.3 is 11.9 Å². The Bertz CT molecular complexity index is 557. The summed E-state index contributed by atoms with van der Waals surface area (Å²) in [5.74, 6) is -1.39. The van der Waals surface area contributed by atoms with Crippen LogP contribution in [0.1, 0.15) is 37.0 Å². The SMILES string of the molecule is CCOC(=O)CC[C@@H](NC(=O)c1ccc(NC)cc1)C(=O)OCC. The number of hydrogen-bond donors (Lipinski definition) is 2. The number of amides is 1. The second kappa shape index (κ2) is 10.3. The predicted octanol–water partition coefficient (Wildman–Crippen LogP) is 1.73. The highest BCUT2D eigenvalue weighted by molar-refractivity contribution is 5.97. The molecule has 0 bridgehead atoms. The van der Waals surface area contributed by atoms with Crippen molar-refractivity contribution in [2.75, 3.05) is 25.6 Å². The number of benzene rings is 1. The number of anilines is 1. The average Bonchev–Trinajstić information content (AvgIpc) is 2.58. The van der Waals surface area contributed by atoms with Gasteiger partial charge in [0.2, 0.25) is 0 Å². The molecular formula is C17H24N2O5. The minimum atomic E-state index is -0.897. The maximum Gasteiger partial charge on any atom is 0.328 e. The molecule has 7 nitrogen and oxygen atoms in total. The zero-order valence-electron chi connectivity index (χ0n) is 14.3. The molecule has 1 aromatic rings. The molecule has 0 aliphatic rings. The second-order valence-electron chi connectivity index (χ2n) is 4.95. The number of carbonyl (C=O) groups is 3. The van der Waals surface area contributed by atoms with Crippen LogP contribution < -0.4 is 10.6 Å². The Balaban J connectivity index is 2.72. The third kappa shape index (κ3) is 6.28. The van der Waals surface area contributed by atoms with Crippen LogP contribution in [0.15, 0.2) is 24.3 Å². The summed E-state index contributed by atoms with van der Waals surface area (Å²) >= 11 is 0. The van der Waals surface area contributed by atoms with Crippen molar-refractivity contribution < 1.29 is 23.9 Å². The fourth-order valence-corrected chi connectivity index (χ4v) is 2.02.